The molecule has 0 N–H and O–H groups in total. The SMILES string of the molecule is CCO/C=N/c1c(C#N)cnn1-c1ccc(-c2ccccc2)nn1. The second-order valence-corrected chi connectivity index (χ2v) is 4.74. The van der Waals surface area contributed by atoms with Crippen molar-refractivity contribution in [2.75, 3.05) is 6.61 Å². The van der Waals surface area contributed by atoms with Crippen LogP contribution in [0.3, 0.4) is 0 Å². The number of nitrogens with zero attached hydrogens (tertiary/aromatic N) is 6. The highest BCUT2D eigenvalue weighted by molar-refractivity contribution is 5.61. The number of aliphatic imine (C=N–C) groups is 1. The number of hydrogen-bond donors (Lipinski definition) is 0. The lowest BCUT2D eigenvalue weighted by atomic mass is 10.1. The van der Waals surface area contributed by atoms with Gasteiger partial charge in [-0.1, -0.05) is 30.3 Å². The van der Waals surface area contributed by atoms with E-state index in [4.69, 9.17) is 4.74 Å². The fourth-order valence-corrected chi connectivity index (χ4v) is 2.08. The van der Waals surface area contributed by atoms with Crippen molar-refractivity contribution in [2.45, 2.75) is 6.92 Å². The molecule has 0 aliphatic carbocycles. The molecule has 7 heteroatoms. The first-order chi connectivity index (χ1) is 11.8. The molecule has 0 radical (unpaired) electrons. The Kier molecular flexibility index (Phi) is 4.58. The minimum atomic E-state index is 0.333. The highest BCUT2D eigenvalue weighted by Gasteiger charge is 2.13. The molecule has 0 amide bonds. The average molecular weight is 318 g/mol. The van der Waals surface area contributed by atoms with Crippen molar-refractivity contribution in [3.05, 3.63) is 54.2 Å². The molecule has 24 heavy (non-hydrogen) atoms. The van der Waals surface area contributed by atoms with E-state index in [1.807, 2.05) is 49.4 Å². The summed E-state index contributed by atoms with van der Waals surface area (Å²) < 4.78 is 6.55. The predicted octanol–water partition coefficient (Wildman–Crippen LogP) is 2.90. The average Bonchev–Trinajstić information content (AvgIpc) is 3.06. The zero-order valence-electron chi connectivity index (χ0n) is 13.0. The molecule has 3 rings (SSSR count). The zero-order chi connectivity index (χ0) is 16.8. The van der Waals surface area contributed by atoms with E-state index in [0.29, 0.717) is 23.8 Å². The molecule has 0 aliphatic rings. The van der Waals surface area contributed by atoms with Gasteiger partial charge in [0.2, 0.25) is 0 Å². The van der Waals surface area contributed by atoms with Gasteiger partial charge in [-0.25, -0.2) is 0 Å². The fourth-order valence-electron chi connectivity index (χ4n) is 2.08. The van der Waals surface area contributed by atoms with Crippen LogP contribution in [0.2, 0.25) is 0 Å². The molecule has 0 atom stereocenters. The zero-order valence-corrected chi connectivity index (χ0v) is 13.0. The Bertz CT molecular complexity index is 878. The van der Waals surface area contributed by atoms with Crippen LogP contribution in [0.1, 0.15) is 12.5 Å². The number of aromatic nitrogens is 4. The van der Waals surface area contributed by atoms with Crippen LogP contribution in [0.4, 0.5) is 5.82 Å². The Morgan fingerprint density at radius 2 is 2.04 bits per heavy atom. The van der Waals surface area contributed by atoms with Gasteiger partial charge in [0, 0.05) is 5.56 Å². The Hall–Kier alpha value is -3.53. The summed E-state index contributed by atoms with van der Waals surface area (Å²) in [7, 11) is 0. The lowest BCUT2D eigenvalue weighted by Crippen LogP contribution is -2.01. The van der Waals surface area contributed by atoms with Crippen molar-refractivity contribution < 1.29 is 4.74 Å². The summed E-state index contributed by atoms with van der Waals surface area (Å²) in [4.78, 5) is 4.15. The number of rotatable bonds is 5. The molecule has 118 valence electrons. The molecule has 0 aliphatic heterocycles. The molecular weight excluding hydrogens is 304 g/mol. The van der Waals surface area contributed by atoms with Crippen molar-refractivity contribution in [1.82, 2.24) is 20.0 Å². The van der Waals surface area contributed by atoms with E-state index in [-0.39, 0.29) is 0 Å². The molecule has 3 aromatic rings. The van der Waals surface area contributed by atoms with E-state index >= 15 is 0 Å². The van der Waals surface area contributed by atoms with Crippen LogP contribution >= 0.6 is 0 Å². The molecule has 7 nitrogen and oxygen atoms in total. The third-order valence-electron chi connectivity index (χ3n) is 3.22. The van der Waals surface area contributed by atoms with Gasteiger partial charge >= 0.3 is 0 Å². The summed E-state index contributed by atoms with van der Waals surface area (Å²) in [5, 5.41) is 21.7. The molecule has 0 spiro atoms. The molecule has 0 bridgehead atoms. The Labute approximate surface area is 138 Å². The smallest absolute Gasteiger partial charge is 0.178 e. The largest absolute Gasteiger partial charge is 0.483 e. The second-order valence-electron chi connectivity index (χ2n) is 4.74. The summed E-state index contributed by atoms with van der Waals surface area (Å²) in [5.74, 6) is 0.826. The maximum absolute atomic E-state index is 9.17. The number of hydrogen-bond acceptors (Lipinski definition) is 6. The van der Waals surface area contributed by atoms with Crippen LogP contribution in [0.5, 0.6) is 0 Å². The van der Waals surface area contributed by atoms with Crippen molar-refractivity contribution >= 4 is 12.2 Å². The predicted molar refractivity (Wildman–Crippen MR) is 89.1 cm³/mol. The summed E-state index contributed by atoms with van der Waals surface area (Å²) >= 11 is 0. The van der Waals surface area contributed by atoms with E-state index in [9.17, 15) is 5.26 Å². The van der Waals surface area contributed by atoms with E-state index < -0.39 is 0 Å². The van der Waals surface area contributed by atoms with Gasteiger partial charge in [-0.15, -0.1) is 10.2 Å². The summed E-state index contributed by atoms with van der Waals surface area (Å²) in [6.07, 6.45) is 2.73. The molecule has 2 heterocycles. The quantitative estimate of drug-likeness (QED) is 0.533. The number of ether oxygens (including phenoxy) is 1. The van der Waals surface area contributed by atoms with Gasteiger partial charge in [0.15, 0.2) is 18.0 Å². The normalized spacial score (nSPS) is 10.7. The lowest BCUT2D eigenvalue weighted by Gasteiger charge is -2.04. The van der Waals surface area contributed by atoms with Gasteiger partial charge in [0.25, 0.3) is 0 Å². The van der Waals surface area contributed by atoms with Crippen LogP contribution in [0.15, 0.2) is 53.7 Å². The van der Waals surface area contributed by atoms with Crippen LogP contribution in [0.25, 0.3) is 17.1 Å². The molecule has 0 saturated carbocycles. The summed E-state index contributed by atoms with van der Waals surface area (Å²) in [6, 6.07) is 15.4. The van der Waals surface area contributed by atoms with Crippen LogP contribution < -0.4 is 0 Å². The summed E-state index contributed by atoms with van der Waals surface area (Å²) in [6.45, 7) is 2.34. The van der Waals surface area contributed by atoms with Gasteiger partial charge < -0.3 is 4.74 Å². The Morgan fingerprint density at radius 3 is 2.71 bits per heavy atom. The minimum absolute atomic E-state index is 0.333. The van der Waals surface area contributed by atoms with Crippen molar-refractivity contribution in [3.63, 3.8) is 0 Å². The molecule has 0 fully saturated rings. The molecular formula is C17H14N6O. The topological polar surface area (TPSA) is 89.0 Å². The van der Waals surface area contributed by atoms with Gasteiger partial charge in [-0.2, -0.15) is 20.0 Å². The van der Waals surface area contributed by atoms with Gasteiger partial charge in [0.1, 0.15) is 11.6 Å². The fraction of sp³-hybridized carbons (Fsp3) is 0.118. The van der Waals surface area contributed by atoms with E-state index in [1.165, 1.54) is 17.3 Å². The van der Waals surface area contributed by atoms with E-state index in [2.05, 4.69) is 20.3 Å². The maximum Gasteiger partial charge on any atom is 0.178 e. The number of nitriles is 1. The Balaban J connectivity index is 1.95. The van der Waals surface area contributed by atoms with Gasteiger partial charge in [0.05, 0.1) is 18.5 Å². The third kappa shape index (κ3) is 3.13. The van der Waals surface area contributed by atoms with Crippen LogP contribution in [-0.2, 0) is 4.74 Å². The van der Waals surface area contributed by atoms with Crippen molar-refractivity contribution in [3.8, 4) is 23.1 Å². The highest BCUT2D eigenvalue weighted by atomic mass is 16.5. The minimum Gasteiger partial charge on any atom is -0.483 e. The van der Waals surface area contributed by atoms with Gasteiger partial charge in [-0.3, -0.25) is 0 Å². The molecule has 1 aromatic carbocycles. The first-order valence-corrected chi connectivity index (χ1v) is 7.35. The molecule has 0 saturated heterocycles. The number of benzene rings is 1. The van der Waals surface area contributed by atoms with Crippen LogP contribution in [0, 0.1) is 11.3 Å². The first kappa shape index (κ1) is 15.4. The maximum atomic E-state index is 9.17. The monoisotopic (exact) mass is 318 g/mol. The molecule has 2 aromatic heterocycles. The standard InChI is InChI=1S/C17H14N6O/c1-2-24-12-19-17-14(10-18)11-20-23(17)16-9-8-15(21-22-16)13-6-4-3-5-7-13/h3-9,11-12H,2H2,1H3/b19-12+. The van der Waals surface area contributed by atoms with Crippen molar-refractivity contribution in [2.24, 2.45) is 4.99 Å². The van der Waals surface area contributed by atoms with Crippen LogP contribution in [-0.4, -0.2) is 33.0 Å². The van der Waals surface area contributed by atoms with E-state index in [1.54, 1.807) is 6.07 Å². The first-order valence-electron chi connectivity index (χ1n) is 7.35. The second kappa shape index (κ2) is 7.15. The van der Waals surface area contributed by atoms with Crippen molar-refractivity contribution in [1.29, 1.82) is 5.26 Å². The molecule has 0 unspecified atom stereocenters. The van der Waals surface area contributed by atoms with Gasteiger partial charge in [-0.05, 0) is 19.1 Å². The lowest BCUT2D eigenvalue weighted by molar-refractivity contribution is 0.343. The summed E-state index contributed by atoms with van der Waals surface area (Å²) in [5.41, 5.74) is 2.07. The third-order valence-corrected chi connectivity index (χ3v) is 3.22. The Morgan fingerprint density at radius 1 is 1.21 bits per heavy atom. The highest BCUT2D eigenvalue weighted by Crippen LogP contribution is 2.22. The van der Waals surface area contributed by atoms with E-state index in [0.717, 1.165) is 11.3 Å².